The van der Waals surface area contributed by atoms with Gasteiger partial charge in [0, 0.05) is 30.8 Å². The molecule has 0 saturated heterocycles. The zero-order valence-corrected chi connectivity index (χ0v) is 16.2. The van der Waals surface area contributed by atoms with Gasteiger partial charge in [-0.15, -0.1) is 0 Å². The number of benzene rings is 2. The number of halogens is 1. The lowest BCUT2D eigenvalue weighted by Gasteiger charge is -2.23. The van der Waals surface area contributed by atoms with Crippen molar-refractivity contribution < 1.29 is 14.0 Å². The van der Waals surface area contributed by atoms with Crippen molar-refractivity contribution in [3.05, 3.63) is 65.5 Å². The molecule has 0 aliphatic rings. The third kappa shape index (κ3) is 6.51. The minimum atomic E-state index is -0.345. The number of carbonyl (C=O) groups is 2. The van der Waals surface area contributed by atoms with Crippen LogP contribution in [0.5, 0.6) is 0 Å². The molecule has 0 aliphatic heterocycles. The molecule has 0 atom stereocenters. The molecule has 0 aliphatic carbocycles. The molecule has 27 heavy (non-hydrogen) atoms. The molecule has 0 saturated carbocycles. The SMILES string of the molecule is Cc1ccc(C(=O)N(CCCNC(=O)CC(C)C)c2ccc(F)cc2)cc1. The zero-order valence-electron chi connectivity index (χ0n) is 16.2. The predicted molar refractivity (Wildman–Crippen MR) is 106 cm³/mol. The molecule has 0 aromatic heterocycles. The molecule has 2 aromatic rings. The molecule has 2 amide bonds. The number of nitrogens with zero attached hydrogens (tertiary/aromatic N) is 1. The van der Waals surface area contributed by atoms with E-state index in [1.54, 1.807) is 29.2 Å². The number of carbonyl (C=O) groups excluding carboxylic acids is 2. The molecule has 0 fully saturated rings. The second-order valence-corrected chi connectivity index (χ2v) is 7.10. The van der Waals surface area contributed by atoms with E-state index >= 15 is 0 Å². The van der Waals surface area contributed by atoms with E-state index in [2.05, 4.69) is 5.32 Å². The van der Waals surface area contributed by atoms with Crippen LogP contribution in [0.2, 0.25) is 0 Å². The predicted octanol–water partition coefficient (Wildman–Crippen LogP) is 4.33. The summed E-state index contributed by atoms with van der Waals surface area (Å²) in [5.74, 6) is -0.162. The van der Waals surface area contributed by atoms with Gasteiger partial charge in [0.2, 0.25) is 5.91 Å². The summed E-state index contributed by atoms with van der Waals surface area (Å²) in [5, 5.41) is 2.88. The molecule has 0 spiro atoms. The van der Waals surface area contributed by atoms with Crippen molar-refractivity contribution in [2.24, 2.45) is 5.92 Å². The van der Waals surface area contributed by atoms with Crippen molar-refractivity contribution in [2.45, 2.75) is 33.6 Å². The number of rotatable bonds is 8. The highest BCUT2D eigenvalue weighted by molar-refractivity contribution is 6.06. The lowest BCUT2D eigenvalue weighted by atomic mass is 10.1. The number of anilines is 1. The first kappa shape index (κ1) is 20.6. The summed E-state index contributed by atoms with van der Waals surface area (Å²) in [6, 6.07) is 13.2. The van der Waals surface area contributed by atoms with Crippen molar-refractivity contribution in [3.63, 3.8) is 0 Å². The summed E-state index contributed by atoms with van der Waals surface area (Å²) in [4.78, 5) is 26.3. The summed E-state index contributed by atoms with van der Waals surface area (Å²) < 4.78 is 13.3. The first-order chi connectivity index (χ1) is 12.9. The molecular formula is C22H27FN2O2. The maximum Gasteiger partial charge on any atom is 0.258 e. The van der Waals surface area contributed by atoms with Crippen LogP contribution in [-0.4, -0.2) is 24.9 Å². The van der Waals surface area contributed by atoms with E-state index in [9.17, 15) is 14.0 Å². The highest BCUT2D eigenvalue weighted by atomic mass is 19.1. The van der Waals surface area contributed by atoms with Gasteiger partial charge in [-0.2, -0.15) is 0 Å². The van der Waals surface area contributed by atoms with Crippen molar-refractivity contribution in [2.75, 3.05) is 18.0 Å². The Hall–Kier alpha value is -2.69. The summed E-state index contributed by atoms with van der Waals surface area (Å²) in [5.41, 5.74) is 2.29. The van der Waals surface area contributed by atoms with Gasteiger partial charge >= 0.3 is 0 Å². The normalized spacial score (nSPS) is 10.7. The van der Waals surface area contributed by atoms with Gasteiger partial charge in [0.25, 0.3) is 5.91 Å². The van der Waals surface area contributed by atoms with E-state index in [0.717, 1.165) is 5.56 Å². The highest BCUT2D eigenvalue weighted by Gasteiger charge is 2.17. The Bertz CT molecular complexity index is 755. The average Bonchev–Trinajstić information content (AvgIpc) is 2.62. The topological polar surface area (TPSA) is 49.4 Å². The van der Waals surface area contributed by atoms with Crippen LogP contribution in [0.3, 0.4) is 0 Å². The van der Waals surface area contributed by atoms with Gasteiger partial charge in [0.1, 0.15) is 5.82 Å². The van der Waals surface area contributed by atoms with Gasteiger partial charge in [0.05, 0.1) is 0 Å². The smallest absolute Gasteiger partial charge is 0.258 e. The van der Waals surface area contributed by atoms with Crippen molar-refractivity contribution in [1.29, 1.82) is 0 Å². The van der Waals surface area contributed by atoms with E-state index in [0.29, 0.717) is 43.1 Å². The van der Waals surface area contributed by atoms with E-state index in [-0.39, 0.29) is 17.6 Å². The molecule has 144 valence electrons. The summed E-state index contributed by atoms with van der Waals surface area (Å²) in [6.07, 6.45) is 1.10. The molecule has 5 heteroatoms. The third-order valence-electron chi connectivity index (χ3n) is 4.16. The fourth-order valence-electron chi connectivity index (χ4n) is 2.73. The molecule has 4 nitrogen and oxygen atoms in total. The molecule has 0 unspecified atom stereocenters. The van der Waals surface area contributed by atoms with Gasteiger partial charge in [0.15, 0.2) is 0 Å². The maximum atomic E-state index is 13.3. The minimum absolute atomic E-state index is 0.0168. The highest BCUT2D eigenvalue weighted by Crippen LogP contribution is 2.19. The molecule has 2 aromatic carbocycles. The standard InChI is InChI=1S/C22H27FN2O2/c1-16(2)15-21(26)24-13-4-14-25(20-11-9-19(23)10-12-20)22(27)18-7-5-17(3)6-8-18/h5-12,16H,4,13-15H2,1-3H3,(H,24,26). The van der Waals surface area contributed by atoms with Crippen LogP contribution in [0.25, 0.3) is 0 Å². The van der Waals surface area contributed by atoms with Crippen molar-refractivity contribution in [1.82, 2.24) is 5.32 Å². The fourth-order valence-corrected chi connectivity index (χ4v) is 2.73. The Kier molecular flexibility index (Phi) is 7.53. The van der Waals surface area contributed by atoms with Crippen LogP contribution in [0.15, 0.2) is 48.5 Å². The lowest BCUT2D eigenvalue weighted by molar-refractivity contribution is -0.121. The van der Waals surface area contributed by atoms with Crippen LogP contribution >= 0.6 is 0 Å². The van der Waals surface area contributed by atoms with E-state index < -0.39 is 0 Å². The first-order valence-corrected chi connectivity index (χ1v) is 9.27. The molecule has 2 rings (SSSR count). The Morgan fingerprint density at radius 3 is 2.26 bits per heavy atom. The molecular weight excluding hydrogens is 343 g/mol. The van der Waals surface area contributed by atoms with Gasteiger partial charge < -0.3 is 10.2 Å². The summed E-state index contributed by atoms with van der Waals surface area (Å²) in [6.45, 7) is 6.88. The molecule has 0 heterocycles. The zero-order chi connectivity index (χ0) is 19.8. The Labute approximate surface area is 160 Å². The Morgan fingerprint density at radius 2 is 1.67 bits per heavy atom. The Balaban J connectivity index is 2.06. The fraction of sp³-hybridized carbons (Fsp3) is 0.364. The van der Waals surface area contributed by atoms with E-state index in [1.165, 1.54) is 12.1 Å². The van der Waals surface area contributed by atoms with Crippen molar-refractivity contribution >= 4 is 17.5 Å². The van der Waals surface area contributed by atoms with Gasteiger partial charge in [-0.3, -0.25) is 9.59 Å². The summed E-state index contributed by atoms with van der Waals surface area (Å²) >= 11 is 0. The number of aryl methyl sites for hydroxylation is 1. The Morgan fingerprint density at radius 1 is 1.04 bits per heavy atom. The second kappa shape index (κ2) is 9.86. The first-order valence-electron chi connectivity index (χ1n) is 9.27. The quantitative estimate of drug-likeness (QED) is 0.703. The van der Waals surface area contributed by atoms with E-state index in [1.807, 2.05) is 32.9 Å². The lowest BCUT2D eigenvalue weighted by Crippen LogP contribution is -2.34. The van der Waals surface area contributed by atoms with Gasteiger partial charge in [-0.05, 0) is 55.7 Å². The maximum absolute atomic E-state index is 13.3. The number of hydrogen-bond donors (Lipinski definition) is 1. The van der Waals surface area contributed by atoms with Gasteiger partial charge in [-0.1, -0.05) is 31.5 Å². The van der Waals surface area contributed by atoms with Crippen LogP contribution in [0.4, 0.5) is 10.1 Å². The van der Waals surface area contributed by atoms with Gasteiger partial charge in [-0.25, -0.2) is 4.39 Å². The van der Waals surface area contributed by atoms with Crippen LogP contribution in [0, 0.1) is 18.7 Å². The average molecular weight is 370 g/mol. The van der Waals surface area contributed by atoms with Crippen LogP contribution in [0.1, 0.15) is 42.6 Å². The number of amides is 2. The molecule has 0 bridgehead atoms. The number of hydrogen-bond acceptors (Lipinski definition) is 2. The molecule has 1 N–H and O–H groups in total. The van der Waals surface area contributed by atoms with Crippen molar-refractivity contribution in [3.8, 4) is 0 Å². The van der Waals surface area contributed by atoms with E-state index in [4.69, 9.17) is 0 Å². The minimum Gasteiger partial charge on any atom is -0.356 e. The molecule has 0 radical (unpaired) electrons. The van der Waals surface area contributed by atoms with Crippen LogP contribution < -0.4 is 10.2 Å². The third-order valence-corrected chi connectivity index (χ3v) is 4.16. The van der Waals surface area contributed by atoms with Crippen LogP contribution in [-0.2, 0) is 4.79 Å². The monoisotopic (exact) mass is 370 g/mol. The largest absolute Gasteiger partial charge is 0.356 e. The second-order valence-electron chi connectivity index (χ2n) is 7.10. The number of nitrogens with one attached hydrogen (secondary N) is 1. The summed E-state index contributed by atoms with van der Waals surface area (Å²) in [7, 11) is 0.